The quantitative estimate of drug-likeness (QED) is 0.662. The summed E-state index contributed by atoms with van der Waals surface area (Å²) in [5.74, 6) is 2.66. The second-order valence-electron chi connectivity index (χ2n) is 8.97. The average molecular weight is 290 g/mol. The number of quaternary nitrogens is 1. The molecule has 0 saturated heterocycles. The van der Waals surface area contributed by atoms with Crippen LogP contribution in [0.15, 0.2) is 11.6 Å². The molecule has 0 heterocycles. The summed E-state index contributed by atoms with van der Waals surface area (Å²) in [4.78, 5) is 0. The Morgan fingerprint density at radius 2 is 1.90 bits per heavy atom. The standard InChI is InChI=1S/C19H31NO/c1-18-9-7-13(21)11-12(18)3-4-14-15-5-6-17(20)19(15,2)10-8-16(14)18/h3,13-17,21H,4-11,20H2,1-2H3/p+1/t13-,14+,15-,16+,17-,18-,19+/m0/s1. The van der Waals surface area contributed by atoms with E-state index in [1.165, 1.54) is 38.5 Å². The normalized spacial score (nSPS) is 56.2. The van der Waals surface area contributed by atoms with E-state index in [-0.39, 0.29) is 6.10 Å². The van der Waals surface area contributed by atoms with Crippen molar-refractivity contribution in [1.82, 2.24) is 0 Å². The van der Waals surface area contributed by atoms with Crippen molar-refractivity contribution in [3.63, 3.8) is 0 Å². The molecule has 0 amide bonds. The molecule has 0 radical (unpaired) electrons. The lowest BCUT2D eigenvalue weighted by Gasteiger charge is -2.57. The van der Waals surface area contributed by atoms with Gasteiger partial charge in [0.25, 0.3) is 0 Å². The van der Waals surface area contributed by atoms with Gasteiger partial charge in [-0.2, -0.15) is 0 Å². The van der Waals surface area contributed by atoms with E-state index < -0.39 is 0 Å². The van der Waals surface area contributed by atoms with Crippen molar-refractivity contribution in [3.05, 3.63) is 11.6 Å². The molecule has 0 bridgehead atoms. The highest BCUT2D eigenvalue weighted by Crippen LogP contribution is 2.64. The predicted octanol–water partition coefficient (Wildman–Crippen LogP) is 2.92. The molecule has 0 spiro atoms. The second kappa shape index (κ2) is 4.58. The number of hydrogen-bond acceptors (Lipinski definition) is 1. The molecule has 0 unspecified atom stereocenters. The van der Waals surface area contributed by atoms with Gasteiger partial charge in [-0.15, -0.1) is 0 Å². The summed E-state index contributed by atoms with van der Waals surface area (Å²) in [7, 11) is 0. The van der Waals surface area contributed by atoms with E-state index >= 15 is 0 Å². The third kappa shape index (κ3) is 1.84. The monoisotopic (exact) mass is 290 g/mol. The van der Waals surface area contributed by atoms with Crippen LogP contribution in [0, 0.1) is 28.6 Å². The summed E-state index contributed by atoms with van der Waals surface area (Å²) in [5.41, 5.74) is 6.99. The molecule has 21 heavy (non-hydrogen) atoms. The van der Waals surface area contributed by atoms with E-state index in [2.05, 4.69) is 25.7 Å². The second-order valence-corrected chi connectivity index (χ2v) is 8.97. The highest BCUT2D eigenvalue weighted by molar-refractivity contribution is 5.25. The molecule has 2 nitrogen and oxygen atoms in total. The van der Waals surface area contributed by atoms with Gasteiger partial charge in [-0.25, -0.2) is 0 Å². The zero-order valence-corrected chi connectivity index (χ0v) is 13.8. The minimum atomic E-state index is -0.0783. The Kier molecular flexibility index (Phi) is 3.11. The van der Waals surface area contributed by atoms with Crippen LogP contribution in [-0.2, 0) is 0 Å². The van der Waals surface area contributed by atoms with Crippen LogP contribution in [0.4, 0.5) is 0 Å². The highest BCUT2D eigenvalue weighted by atomic mass is 16.3. The molecule has 4 N–H and O–H groups in total. The van der Waals surface area contributed by atoms with Gasteiger partial charge in [0.1, 0.15) is 0 Å². The molecular weight excluding hydrogens is 258 g/mol. The lowest BCUT2D eigenvalue weighted by atomic mass is 9.48. The van der Waals surface area contributed by atoms with Gasteiger partial charge in [0, 0.05) is 11.8 Å². The maximum absolute atomic E-state index is 10.0. The molecule has 0 aromatic heterocycles. The molecule has 4 aliphatic carbocycles. The van der Waals surface area contributed by atoms with Crippen molar-refractivity contribution in [2.45, 2.75) is 77.4 Å². The highest BCUT2D eigenvalue weighted by Gasteiger charge is 2.59. The van der Waals surface area contributed by atoms with Gasteiger partial charge >= 0.3 is 0 Å². The fourth-order valence-corrected chi connectivity index (χ4v) is 6.75. The first-order valence-corrected chi connectivity index (χ1v) is 9.16. The van der Waals surface area contributed by atoms with E-state index in [1.54, 1.807) is 5.57 Å². The molecular formula is C19H32NO+. The fourth-order valence-electron chi connectivity index (χ4n) is 6.75. The van der Waals surface area contributed by atoms with E-state index in [0.29, 0.717) is 16.9 Å². The number of allylic oxidation sites excluding steroid dienone is 1. The van der Waals surface area contributed by atoms with Gasteiger partial charge in [-0.1, -0.05) is 25.5 Å². The Morgan fingerprint density at radius 1 is 1.10 bits per heavy atom. The van der Waals surface area contributed by atoms with Crippen molar-refractivity contribution < 1.29 is 10.8 Å². The smallest absolute Gasteiger partial charge is 0.0900 e. The van der Waals surface area contributed by atoms with Gasteiger partial charge in [0.2, 0.25) is 0 Å². The van der Waals surface area contributed by atoms with Crippen LogP contribution >= 0.6 is 0 Å². The lowest BCUT2D eigenvalue weighted by molar-refractivity contribution is -0.445. The summed E-state index contributed by atoms with van der Waals surface area (Å²) < 4.78 is 0. The predicted molar refractivity (Wildman–Crippen MR) is 84.4 cm³/mol. The van der Waals surface area contributed by atoms with Gasteiger partial charge in [0.05, 0.1) is 12.1 Å². The molecule has 118 valence electrons. The zero-order chi connectivity index (χ0) is 14.8. The van der Waals surface area contributed by atoms with Crippen molar-refractivity contribution in [1.29, 1.82) is 0 Å². The minimum Gasteiger partial charge on any atom is -0.393 e. The molecule has 0 aliphatic heterocycles. The van der Waals surface area contributed by atoms with Gasteiger partial charge in [-0.3, -0.25) is 0 Å². The average Bonchev–Trinajstić information content (AvgIpc) is 2.76. The molecule has 3 saturated carbocycles. The zero-order valence-electron chi connectivity index (χ0n) is 13.8. The Morgan fingerprint density at radius 3 is 2.71 bits per heavy atom. The largest absolute Gasteiger partial charge is 0.393 e. The van der Waals surface area contributed by atoms with Crippen LogP contribution in [0.5, 0.6) is 0 Å². The number of aliphatic hydroxyl groups excluding tert-OH is 1. The maximum atomic E-state index is 10.0. The summed E-state index contributed by atoms with van der Waals surface area (Å²) in [6.07, 6.45) is 12.4. The molecule has 0 aromatic carbocycles. The Labute approximate surface area is 129 Å². The van der Waals surface area contributed by atoms with Crippen LogP contribution < -0.4 is 5.73 Å². The molecule has 3 fully saturated rings. The molecule has 7 atom stereocenters. The first-order chi connectivity index (χ1) is 9.95. The number of fused-ring (bicyclic) bond motifs is 5. The third-order valence-corrected chi connectivity index (χ3v) is 8.27. The SMILES string of the molecule is C[C@@]12CC[C@@H]3[C@H](CC=C4C[C@@H](O)CC[C@@]43C)[C@@H]1CC[C@@H]2[NH3+]. The molecule has 0 aromatic rings. The van der Waals surface area contributed by atoms with E-state index in [4.69, 9.17) is 0 Å². The van der Waals surface area contributed by atoms with Crippen molar-refractivity contribution in [3.8, 4) is 0 Å². The van der Waals surface area contributed by atoms with E-state index in [0.717, 1.165) is 30.6 Å². The summed E-state index contributed by atoms with van der Waals surface area (Å²) in [6.45, 7) is 5.05. The Bertz CT molecular complexity index is 472. The topological polar surface area (TPSA) is 47.9 Å². The minimum absolute atomic E-state index is 0.0783. The van der Waals surface area contributed by atoms with Crippen LogP contribution in [0.3, 0.4) is 0 Å². The van der Waals surface area contributed by atoms with Crippen LogP contribution in [-0.4, -0.2) is 17.3 Å². The van der Waals surface area contributed by atoms with Crippen molar-refractivity contribution in [2.75, 3.05) is 0 Å². The number of rotatable bonds is 0. The Balaban J connectivity index is 1.68. The van der Waals surface area contributed by atoms with Crippen LogP contribution in [0.2, 0.25) is 0 Å². The molecule has 4 aliphatic rings. The van der Waals surface area contributed by atoms with Crippen molar-refractivity contribution >= 4 is 0 Å². The van der Waals surface area contributed by atoms with E-state index in [9.17, 15) is 5.11 Å². The fraction of sp³-hybridized carbons (Fsp3) is 0.895. The van der Waals surface area contributed by atoms with E-state index in [1.807, 2.05) is 0 Å². The van der Waals surface area contributed by atoms with Gasteiger partial charge in [0.15, 0.2) is 0 Å². The van der Waals surface area contributed by atoms with Crippen molar-refractivity contribution in [2.24, 2.45) is 28.6 Å². The van der Waals surface area contributed by atoms with Crippen LogP contribution in [0.1, 0.15) is 65.2 Å². The molecule has 2 heteroatoms. The first kappa shape index (κ1) is 14.3. The summed E-state index contributed by atoms with van der Waals surface area (Å²) in [5, 5.41) is 10.0. The Hall–Kier alpha value is -0.340. The lowest BCUT2D eigenvalue weighted by Crippen LogP contribution is -2.68. The van der Waals surface area contributed by atoms with Gasteiger partial charge < -0.3 is 10.8 Å². The third-order valence-electron chi connectivity index (χ3n) is 8.27. The van der Waals surface area contributed by atoms with Crippen LogP contribution in [0.25, 0.3) is 0 Å². The number of hydrogen-bond donors (Lipinski definition) is 2. The van der Waals surface area contributed by atoms with Gasteiger partial charge in [-0.05, 0) is 68.1 Å². The number of aliphatic hydroxyl groups is 1. The summed E-state index contributed by atoms with van der Waals surface area (Å²) in [6, 6.07) is 0.676. The first-order valence-electron chi connectivity index (χ1n) is 9.16. The summed E-state index contributed by atoms with van der Waals surface area (Å²) >= 11 is 0. The maximum Gasteiger partial charge on any atom is 0.0900 e. The molecule has 4 rings (SSSR count).